The molecular formula is C29H19NO5. The van der Waals surface area contributed by atoms with Crippen LogP contribution in [0.4, 0.5) is 5.69 Å². The van der Waals surface area contributed by atoms with E-state index >= 15 is 0 Å². The maximum absolute atomic E-state index is 13.9. The van der Waals surface area contributed by atoms with Crippen molar-refractivity contribution in [1.82, 2.24) is 0 Å². The summed E-state index contributed by atoms with van der Waals surface area (Å²) in [6.07, 6.45) is 1.39. The third kappa shape index (κ3) is 2.74. The van der Waals surface area contributed by atoms with Crippen molar-refractivity contribution in [2.75, 3.05) is 4.90 Å². The van der Waals surface area contributed by atoms with Crippen molar-refractivity contribution in [3.63, 3.8) is 0 Å². The molecule has 2 atom stereocenters. The number of hydrogen-bond acceptors (Lipinski definition) is 5. The van der Waals surface area contributed by atoms with Crippen molar-refractivity contribution in [2.24, 2.45) is 11.8 Å². The highest BCUT2D eigenvalue weighted by Gasteiger charge is 2.61. The Bertz CT molecular complexity index is 1410. The van der Waals surface area contributed by atoms with Gasteiger partial charge < -0.3 is 9.15 Å². The molecule has 0 N–H and O–H groups in total. The number of ether oxygens (including phenoxy) is 1. The van der Waals surface area contributed by atoms with Crippen LogP contribution >= 0.6 is 0 Å². The summed E-state index contributed by atoms with van der Waals surface area (Å²) in [5.41, 5.74) is 4.90. The Morgan fingerprint density at radius 1 is 0.714 bits per heavy atom. The predicted molar refractivity (Wildman–Crippen MR) is 126 cm³/mol. The number of furan rings is 1. The fraction of sp³-hybridized carbons (Fsp3) is 0.138. The van der Waals surface area contributed by atoms with Crippen LogP contribution in [0, 0.1) is 11.8 Å². The lowest BCUT2D eigenvalue weighted by atomic mass is 9.55. The average molecular weight is 461 g/mol. The maximum atomic E-state index is 13.9. The number of anilines is 1. The molecular weight excluding hydrogens is 442 g/mol. The van der Waals surface area contributed by atoms with E-state index in [1.54, 1.807) is 30.3 Å². The van der Waals surface area contributed by atoms with Crippen LogP contribution in [0.25, 0.3) is 0 Å². The van der Waals surface area contributed by atoms with Crippen molar-refractivity contribution in [2.45, 2.75) is 11.8 Å². The Morgan fingerprint density at radius 2 is 1.29 bits per heavy atom. The van der Waals surface area contributed by atoms with Gasteiger partial charge in [-0.05, 0) is 46.5 Å². The first kappa shape index (κ1) is 20.0. The summed E-state index contributed by atoms with van der Waals surface area (Å²) in [6.45, 7) is 0. The Balaban J connectivity index is 1.29. The smallest absolute Gasteiger partial charge is 0.379 e. The lowest BCUT2D eigenvalue weighted by Gasteiger charge is -2.45. The molecule has 170 valence electrons. The Morgan fingerprint density at radius 3 is 1.80 bits per heavy atom. The minimum absolute atomic E-state index is 0.0712. The summed E-state index contributed by atoms with van der Waals surface area (Å²) < 4.78 is 10.5. The maximum Gasteiger partial charge on any atom is 0.379 e. The molecule has 1 saturated heterocycles. The second kappa shape index (κ2) is 7.27. The van der Waals surface area contributed by atoms with E-state index in [0.717, 1.165) is 22.3 Å². The van der Waals surface area contributed by atoms with Crippen LogP contribution in [0.1, 0.15) is 44.6 Å². The number of nitrogens with zero attached hydrogens (tertiary/aromatic N) is 1. The van der Waals surface area contributed by atoms with Gasteiger partial charge in [-0.2, -0.15) is 0 Å². The van der Waals surface area contributed by atoms with Gasteiger partial charge in [0.1, 0.15) is 5.75 Å². The van der Waals surface area contributed by atoms with Crippen LogP contribution in [0.15, 0.2) is 95.6 Å². The summed E-state index contributed by atoms with van der Waals surface area (Å²) in [5, 5.41) is 0. The van der Waals surface area contributed by atoms with Gasteiger partial charge in [0.15, 0.2) is 0 Å². The first-order chi connectivity index (χ1) is 17.1. The molecule has 4 aliphatic rings. The van der Waals surface area contributed by atoms with Crippen molar-refractivity contribution in [3.05, 3.63) is 119 Å². The fourth-order valence-corrected chi connectivity index (χ4v) is 6.17. The quantitative estimate of drug-likeness (QED) is 0.247. The second-order valence-electron chi connectivity index (χ2n) is 9.14. The largest absolute Gasteiger partial charge is 0.457 e. The summed E-state index contributed by atoms with van der Waals surface area (Å²) >= 11 is 0. The molecule has 3 aromatic carbocycles. The molecule has 0 radical (unpaired) electrons. The molecule has 35 heavy (non-hydrogen) atoms. The van der Waals surface area contributed by atoms with Crippen LogP contribution in [0.2, 0.25) is 0 Å². The first-order valence-corrected chi connectivity index (χ1v) is 11.5. The monoisotopic (exact) mass is 461 g/mol. The number of imide groups is 1. The first-order valence-electron chi connectivity index (χ1n) is 11.5. The number of benzene rings is 3. The molecule has 6 nitrogen and oxygen atoms in total. The molecule has 2 bridgehead atoms. The van der Waals surface area contributed by atoms with E-state index in [1.807, 2.05) is 24.3 Å². The van der Waals surface area contributed by atoms with E-state index in [4.69, 9.17) is 9.15 Å². The van der Waals surface area contributed by atoms with Crippen LogP contribution in [0.3, 0.4) is 0 Å². The van der Waals surface area contributed by atoms with Crippen molar-refractivity contribution >= 4 is 23.5 Å². The predicted octanol–water partition coefficient (Wildman–Crippen LogP) is 4.90. The molecule has 0 unspecified atom stereocenters. The van der Waals surface area contributed by atoms with E-state index in [1.165, 1.54) is 17.2 Å². The van der Waals surface area contributed by atoms with Gasteiger partial charge in [0.2, 0.25) is 17.6 Å². The van der Waals surface area contributed by atoms with Gasteiger partial charge in [-0.1, -0.05) is 54.6 Å². The summed E-state index contributed by atoms with van der Waals surface area (Å²) in [6, 6.07) is 25.9. The standard InChI is InChI=1S/C29H19NO5/c31-27-25-23-18-9-1-2-10-19(18)24(21-12-4-3-11-20(21)23)26(25)28(32)30(27)16-7-5-8-17(15-16)35-29(33)22-13-6-14-34-22/h1-15,23-26H/t23?,24?,25-,26-/m1/s1. The van der Waals surface area contributed by atoms with Crippen LogP contribution in [0.5, 0.6) is 5.75 Å². The van der Waals surface area contributed by atoms with Gasteiger partial charge in [0, 0.05) is 17.9 Å². The molecule has 1 fully saturated rings. The second-order valence-corrected chi connectivity index (χ2v) is 9.14. The number of rotatable bonds is 3. The van der Waals surface area contributed by atoms with Gasteiger partial charge in [0.05, 0.1) is 23.8 Å². The summed E-state index contributed by atoms with van der Waals surface area (Å²) in [4.78, 5) is 41.3. The van der Waals surface area contributed by atoms with E-state index in [2.05, 4.69) is 24.3 Å². The van der Waals surface area contributed by atoms with Gasteiger partial charge >= 0.3 is 5.97 Å². The van der Waals surface area contributed by atoms with Crippen molar-refractivity contribution in [1.29, 1.82) is 0 Å². The molecule has 3 aliphatic carbocycles. The van der Waals surface area contributed by atoms with Gasteiger partial charge in [-0.3, -0.25) is 9.59 Å². The minimum atomic E-state index is -0.649. The van der Waals surface area contributed by atoms with E-state index in [0.29, 0.717) is 5.69 Å². The molecule has 0 spiro atoms. The number of esters is 1. The molecule has 0 saturated carbocycles. The molecule has 4 aromatic rings. The van der Waals surface area contributed by atoms with E-state index < -0.39 is 17.8 Å². The average Bonchev–Trinajstić information content (AvgIpc) is 3.52. The third-order valence-corrected chi connectivity index (χ3v) is 7.46. The van der Waals surface area contributed by atoms with Crippen molar-refractivity contribution in [3.8, 4) is 5.75 Å². The van der Waals surface area contributed by atoms with Crippen LogP contribution in [-0.4, -0.2) is 17.8 Å². The van der Waals surface area contributed by atoms with Crippen molar-refractivity contribution < 1.29 is 23.5 Å². The topological polar surface area (TPSA) is 76.8 Å². The third-order valence-electron chi connectivity index (χ3n) is 7.46. The minimum Gasteiger partial charge on any atom is -0.457 e. The molecule has 2 heterocycles. The van der Waals surface area contributed by atoms with E-state index in [-0.39, 0.29) is 35.2 Å². The zero-order valence-corrected chi connectivity index (χ0v) is 18.5. The lowest BCUT2D eigenvalue weighted by molar-refractivity contribution is -0.122. The molecule has 8 rings (SSSR count). The molecule has 2 amide bonds. The van der Waals surface area contributed by atoms with Gasteiger partial charge in [0.25, 0.3) is 0 Å². The number of amides is 2. The molecule has 1 aromatic heterocycles. The highest BCUT2D eigenvalue weighted by atomic mass is 16.5. The zero-order chi connectivity index (χ0) is 23.7. The number of carbonyl (C=O) groups is 3. The number of hydrogen-bond donors (Lipinski definition) is 0. The summed E-state index contributed by atoms with van der Waals surface area (Å²) in [7, 11) is 0. The highest BCUT2D eigenvalue weighted by Crippen LogP contribution is 2.61. The highest BCUT2D eigenvalue weighted by molar-refractivity contribution is 6.23. The normalized spacial score (nSPS) is 23.6. The van der Waals surface area contributed by atoms with Gasteiger partial charge in [-0.15, -0.1) is 0 Å². The zero-order valence-electron chi connectivity index (χ0n) is 18.5. The van der Waals surface area contributed by atoms with Gasteiger partial charge in [-0.25, -0.2) is 9.69 Å². The molecule has 1 aliphatic heterocycles. The Hall–Kier alpha value is -4.45. The number of carbonyl (C=O) groups excluding carboxylic acids is 3. The fourth-order valence-electron chi connectivity index (χ4n) is 6.17. The Kier molecular flexibility index (Phi) is 4.15. The Labute approximate surface area is 200 Å². The molecule has 6 heteroatoms. The van der Waals surface area contributed by atoms with Crippen LogP contribution < -0.4 is 9.64 Å². The summed E-state index contributed by atoms with van der Waals surface area (Å²) in [5.74, 6) is -2.04. The van der Waals surface area contributed by atoms with E-state index in [9.17, 15) is 14.4 Å². The lowest BCUT2D eigenvalue weighted by Crippen LogP contribution is -2.41. The van der Waals surface area contributed by atoms with Crippen LogP contribution in [-0.2, 0) is 9.59 Å². The SMILES string of the molecule is O=C(Oc1cccc(N2C(=O)[C@@H]3C4c5ccccc5C(c5ccccc54)[C@H]3C2=O)c1)c1ccco1.